The van der Waals surface area contributed by atoms with Gasteiger partial charge in [0.15, 0.2) is 5.96 Å². The lowest BCUT2D eigenvalue weighted by Gasteiger charge is -2.16. The van der Waals surface area contributed by atoms with E-state index in [4.69, 9.17) is 10.5 Å². The Morgan fingerprint density at radius 1 is 1.00 bits per heavy atom. The maximum Gasteiger partial charge on any atom is 0.251 e. The summed E-state index contributed by atoms with van der Waals surface area (Å²) in [6, 6.07) is 17.2. The Balaban J connectivity index is 0.00000512. The molecule has 0 saturated heterocycles. The SMILES string of the molecule is CN=C(NCc1ccc(C(=O)NCC(N)=O)cc1)NCC(C)COCc1ccccc1.I. The highest BCUT2D eigenvalue weighted by molar-refractivity contribution is 14.0. The zero-order valence-electron chi connectivity index (χ0n) is 18.5. The summed E-state index contributed by atoms with van der Waals surface area (Å²) in [5.74, 6) is 0.100. The number of nitrogens with two attached hydrogens (primary N) is 1. The Labute approximate surface area is 206 Å². The molecule has 0 bridgehead atoms. The van der Waals surface area contributed by atoms with Crippen molar-refractivity contribution in [3.63, 3.8) is 0 Å². The van der Waals surface area contributed by atoms with Gasteiger partial charge in [-0.05, 0) is 29.2 Å². The van der Waals surface area contributed by atoms with Crippen molar-refractivity contribution in [2.24, 2.45) is 16.6 Å². The fourth-order valence-corrected chi connectivity index (χ4v) is 2.73. The van der Waals surface area contributed by atoms with E-state index >= 15 is 0 Å². The van der Waals surface area contributed by atoms with Crippen LogP contribution in [0.4, 0.5) is 0 Å². The normalized spacial score (nSPS) is 11.8. The fraction of sp³-hybridized carbons (Fsp3) is 0.348. The van der Waals surface area contributed by atoms with E-state index in [1.54, 1.807) is 19.2 Å². The van der Waals surface area contributed by atoms with Gasteiger partial charge in [0.05, 0.1) is 19.8 Å². The largest absolute Gasteiger partial charge is 0.376 e. The van der Waals surface area contributed by atoms with Crippen molar-refractivity contribution in [2.45, 2.75) is 20.1 Å². The number of halogens is 1. The number of hydrogen-bond donors (Lipinski definition) is 4. The summed E-state index contributed by atoms with van der Waals surface area (Å²) in [6.45, 7) is 4.48. The molecule has 2 aromatic carbocycles. The van der Waals surface area contributed by atoms with Crippen LogP contribution in [-0.4, -0.2) is 44.5 Å². The number of benzene rings is 2. The lowest BCUT2D eigenvalue weighted by Crippen LogP contribution is -2.39. The van der Waals surface area contributed by atoms with Gasteiger partial charge in [-0.15, -0.1) is 24.0 Å². The van der Waals surface area contributed by atoms with Crippen molar-refractivity contribution in [1.82, 2.24) is 16.0 Å². The first-order chi connectivity index (χ1) is 15.0. The van der Waals surface area contributed by atoms with E-state index in [1.807, 2.05) is 30.3 Å². The number of aliphatic imine (C=N–C) groups is 1. The monoisotopic (exact) mass is 553 g/mol. The van der Waals surface area contributed by atoms with Gasteiger partial charge in [-0.1, -0.05) is 49.4 Å². The number of carbonyl (C=O) groups is 2. The van der Waals surface area contributed by atoms with Gasteiger partial charge in [0.2, 0.25) is 5.91 Å². The number of ether oxygens (including phenoxy) is 1. The number of amides is 2. The van der Waals surface area contributed by atoms with Crippen molar-refractivity contribution < 1.29 is 14.3 Å². The second kappa shape index (κ2) is 15.2. The summed E-state index contributed by atoms with van der Waals surface area (Å²) in [5, 5.41) is 9.00. The van der Waals surface area contributed by atoms with Gasteiger partial charge in [0, 0.05) is 25.7 Å². The lowest BCUT2D eigenvalue weighted by molar-refractivity contribution is -0.117. The summed E-state index contributed by atoms with van der Waals surface area (Å²) in [4.78, 5) is 26.9. The standard InChI is InChI=1S/C23H31N5O3.HI/c1-17(15-31-16-19-6-4-3-5-7-19)12-27-23(25-2)28-13-18-8-10-20(11-9-18)22(30)26-14-21(24)29;/h3-11,17H,12-16H2,1-2H3,(H2,24,29)(H,26,30)(H2,25,27,28);1H. The van der Waals surface area contributed by atoms with E-state index in [0.29, 0.717) is 37.2 Å². The first-order valence-electron chi connectivity index (χ1n) is 10.2. The Bertz CT molecular complexity index is 860. The van der Waals surface area contributed by atoms with Crippen LogP contribution in [-0.2, 0) is 22.7 Å². The number of hydrogen-bond acceptors (Lipinski definition) is 4. The highest BCUT2D eigenvalue weighted by Crippen LogP contribution is 2.05. The summed E-state index contributed by atoms with van der Waals surface area (Å²) >= 11 is 0. The predicted octanol–water partition coefficient (Wildman–Crippen LogP) is 2.04. The molecule has 9 heteroatoms. The van der Waals surface area contributed by atoms with Crippen molar-refractivity contribution in [3.8, 4) is 0 Å². The van der Waals surface area contributed by atoms with Crippen LogP contribution in [0, 0.1) is 5.92 Å². The minimum atomic E-state index is -0.579. The van der Waals surface area contributed by atoms with Crippen LogP contribution < -0.4 is 21.7 Å². The smallest absolute Gasteiger partial charge is 0.251 e. The van der Waals surface area contributed by atoms with Crippen molar-refractivity contribution in [1.29, 1.82) is 0 Å². The van der Waals surface area contributed by atoms with Gasteiger partial charge in [0.25, 0.3) is 5.91 Å². The van der Waals surface area contributed by atoms with Crippen molar-refractivity contribution in [2.75, 3.05) is 26.7 Å². The molecule has 0 aliphatic heterocycles. The maximum atomic E-state index is 11.9. The van der Waals surface area contributed by atoms with Gasteiger partial charge in [-0.25, -0.2) is 0 Å². The van der Waals surface area contributed by atoms with Gasteiger partial charge in [-0.2, -0.15) is 0 Å². The minimum Gasteiger partial charge on any atom is -0.376 e. The molecular weight excluding hydrogens is 521 g/mol. The molecule has 0 spiro atoms. The van der Waals surface area contributed by atoms with Crippen molar-refractivity contribution >= 4 is 41.8 Å². The number of nitrogens with one attached hydrogen (secondary N) is 3. The van der Waals surface area contributed by atoms with Crippen LogP contribution >= 0.6 is 24.0 Å². The summed E-state index contributed by atoms with van der Waals surface area (Å²) in [5.41, 5.74) is 7.66. The molecule has 0 aliphatic carbocycles. The molecule has 0 radical (unpaired) electrons. The summed E-state index contributed by atoms with van der Waals surface area (Å²) in [6.07, 6.45) is 0. The highest BCUT2D eigenvalue weighted by Gasteiger charge is 2.07. The lowest BCUT2D eigenvalue weighted by atomic mass is 10.1. The zero-order chi connectivity index (χ0) is 22.5. The first kappa shape index (κ1) is 27.4. The van der Waals surface area contributed by atoms with E-state index in [-0.39, 0.29) is 36.4 Å². The molecule has 32 heavy (non-hydrogen) atoms. The topological polar surface area (TPSA) is 118 Å². The van der Waals surface area contributed by atoms with E-state index in [1.165, 1.54) is 0 Å². The fourth-order valence-electron chi connectivity index (χ4n) is 2.73. The molecule has 0 saturated carbocycles. The van der Waals surface area contributed by atoms with Gasteiger partial charge < -0.3 is 26.4 Å². The van der Waals surface area contributed by atoms with Crippen LogP contribution in [0.25, 0.3) is 0 Å². The molecule has 0 aliphatic rings. The van der Waals surface area contributed by atoms with Gasteiger partial charge >= 0.3 is 0 Å². The molecule has 2 rings (SSSR count). The molecule has 174 valence electrons. The average molecular weight is 553 g/mol. The molecule has 1 unspecified atom stereocenters. The average Bonchev–Trinajstić information content (AvgIpc) is 2.78. The number of carbonyl (C=O) groups excluding carboxylic acids is 2. The quantitative estimate of drug-likeness (QED) is 0.193. The number of primary amides is 1. The third-order valence-electron chi connectivity index (χ3n) is 4.45. The van der Waals surface area contributed by atoms with Crippen LogP contribution in [0.3, 0.4) is 0 Å². The van der Waals surface area contributed by atoms with Gasteiger partial charge in [0.1, 0.15) is 0 Å². The van der Waals surface area contributed by atoms with E-state index in [0.717, 1.165) is 17.7 Å². The van der Waals surface area contributed by atoms with E-state index in [9.17, 15) is 9.59 Å². The third-order valence-corrected chi connectivity index (χ3v) is 4.45. The Morgan fingerprint density at radius 2 is 1.69 bits per heavy atom. The Kier molecular flexibility index (Phi) is 13.0. The predicted molar refractivity (Wildman–Crippen MR) is 137 cm³/mol. The summed E-state index contributed by atoms with van der Waals surface area (Å²) in [7, 11) is 1.72. The van der Waals surface area contributed by atoms with Gasteiger partial charge in [-0.3, -0.25) is 14.6 Å². The van der Waals surface area contributed by atoms with Crippen LogP contribution in [0.5, 0.6) is 0 Å². The number of rotatable bonds is 11. The molecule has 0 fully saturated rings. The highest BCUT2D eigenvalue weighted by atomic mass is 127. The zero-order valence-corrected chi connectivity index (χ0v) is 20.8. The molecule has 0 heterocycles. The third kappa shape index (κ3) is 10.6. The molecule has 2 amide bonds. The molecular formula is C23H32IN5O3. The number of nitrogens with zero attached hydrogens (tertiary/aromatic N) is 1. The Hall–Kier alpha value is -2.66. The number of guanidine groups is 1. The molecule has 1 atom stereocenters. The summed E-state index contributed by atoms with van der Waals surface area (Å²) < 4.78 is 5.78. The molecule has 0 aromatic heterocycles. The van der Waals surface area contributed by atoms with E-state index in [2.05, 4.69) is 40.0 Å². The first-order valence-corrected chi connectivity index (χ1v) is 10.2. The van der Waals surface area contributed by atoms with Crippen LogP contribution in [0.15, 0.2) is 59.6 Å². The molecule has 8 nitrogen and oxygen atoms in total. The van der Waals surface area contributed by atoms with Crippen LogP contribution in [0.1, 0.15) is 28.4 Å². The maximum absolute atomic E-state index is 11.9. The molecule has 5 N–H and O–H groups in total. The minimum absolute atomic E-state index is 0. The van der Waals surface area contributed by atoms with E-state index < -0.39 is 5.91 Å². The van der Waals surface area contributed by atoms with Crippen molar-refractivity contribution in [3.05, 3.63) is 71.3 Å². The Morgan fingerprint density at radius 3 is 2.31 bits per heavy atom. The van der Waals surface area contributed by atoms with Crippen LogP contribution in [0.2, 0.25) is 0 Å². The second-order valence-electron chi connectivity index (χ2n) is 7.26. The molecule has 2 aromatic rings. The second-order valence-corrected chi connectivity index (χ2v) is 7.26.